The van der Waals surface area contributed by atoms with Crippen LogP contribution >= 0.6 is 11.8 Å². The Kier molecular flexibility index (Phi) is 5.83. The molecule has 2 amide bonds. The molecular formula is C15H21N5OS. The Balaban J connectivity index is 1.87. The van der Waals surface area contributed by atoms with E-state index in [2.05, 4.69) is 27.6 Å². The maximum absolute atomic E-state index is 11.9. The average Bonchev–Trinajstić information content (AvgIpc) is 2.83. The van der Waals surface area contributed by atoms with E-state index in [1.54, 1.807) is 17.1 Å². The van der Waals surface area contributed by atoms with Crippen LogP contribution in [-0.2, 0) is 19.3 Å². The molecule has 0 unspecified atom stereocenters. The lowest BCUT2D eigenvalue weighted by Crippen LogP contribution is -2.28. The molecule has 0 fully saturated rings. The lowest BCUT2D eigenvalue weighted by molar-refractivity contribution is 0.251. The SMILES string of the molecule is CCSCc1ccnc(NC(=O)NCc2cnn(C)c2C)c1. The van der Waals surface area contributed by atoms with Gasteiger partial charge in [-0.25, -0.2) is 9.78 Å². The summed E-state index contributed by atoms with van der Waals surface area (Å²) in [7, 11) is 1.88. The molecule has 0 saturated heterocycles. The molecule has 0 aliphatic carbocycles. The fraction of sp³-hybridized carbons (Fsp3) is 0.400. The first kappa shape index (κ1) is 16.4. The number of carbonyl (C=O) groups is 1. The third-order valence-electron chi connectivity index (χ3n) is 3.32. The molecule has 0 radical (unpaired) electrons. The predicted molar refractivity (Wildman–Crippen MR) is 89.9 cm³/mol. The maximum Gasteiger partial charge on any atom is 0.320 e. The molecule has 0 saturated carbocycles. The van der Waals surface area contributed by atoms with Crippen LogP contribution in [0.5, 0.6) is 0 Å². The average molecular weight is 319 g/mol. The molecule has 22 heavy (non-hydrogen) atoms. The van der Waals surface area contributed by atoms with Gasteiger partial charge in [-0.3, -0.25) is 10.00 Å². The van der Waals surface area contributed by atoms with Gasteiger partial charge in [-0.05, 0) is 30.4 Å². The molecule has 0 aromatic carbocycles. The van der Waals surface area contributed by atoms with Crippen molar-refractivity contribution in [3.05, 3.63) is 41.3 Å². The summed E-state index contributed by atoms with van der Waals surface area (Å²) in [6.45, 7) is 4.54. The number of thioether (sulfide) groups is 1. The lowest BCUT2D eigenvalue weighted by atomic mass is 10.2. The Morgan fingerprint density at radius 3 is 2.95 bits per heavy atom. The van der Waals surface area contributed by atoms with Crippen LogP contribution in [0.15, 0.2) is 24.5 Å². The van der Waals surface area contributed by atoms with Gasteiger partial charge in [-0.1, -0.05) is 6.92 Å². The van der Waals surface area contributed by atoms with Crippen LogP contribution in [-0.4, -0.2) is 26.5 Å². The Morgan fingerprint density at radius 1 is 1.45 bits per heavy atom. The minimum Gasteiger partial charge on any atom is -0.334 e. The number of hydrogen-bond donors (Lipinski definition) is 2. The lowest BCUT2D eigenvalue weighted by Gasteiger charge is -2.08. The van der Waals surface area contributed by atoms with Gasteiger partial charge in [0.05, 0.1) is 6.20 Å². The highest BCUT2D eigenvalue weighted by atomic mass is 32.2. The topological polar surface area (TPSA) is 71.8 Å². The molecule has 0 aliphatic heterocycles. The molecule has 118 valence electrons. The van der Waals surface area contributed by atoms with Gasteiger partial charge in [0.15, 0.2) is 0 Å². The van der Waals surface area contributed by atoms with Gasteiger partial charge in [0.1, 0.15) is 5.82 Å². The molecule has 2 aromatic rings. The third kappa shape index (κ3) is 4.49. The molecule has 0 bridgehead atoms. The third-order valence-corrected chi connectivity index (χ3v) is 4.26. The second-order valence-corrected chi connectivity index (χ2v) is 6.15. The van der Waals surface area contributed by atoms with Gasteiger partial charge >= 0.3 is 6.03 Å². The van der Waals surface area contributed by atoms with Crippen LogP contribution in [0, 0.1) is 6.92 Å². The van der Waals surface area contributed by atoms with Gasteiger partial charge in [0.2, 0.25) is 0 Å². The predicted octanol–water partition coefficient (Wildman–Crippen LogP) is 2.70. The Hall–Kier alpha value is -2.02. The maximum atomic E-state index is 11.9. The summed E-state index contributed by atoms with van der Waals surface area (Å²) in [6, 6.07) is 3.60. The van der Waals surface area contributed by atoms with Crippen molar-refractivity contribution >= 4 is 23.6 Å². The fourth-order valence-electron chi connectivity index (χ4n) is 1.91. The number of anilines is 1. The number of amides is 2. The number of nitrogens with one attached hydrogen (secondary N) is 2. The summed E-state index contributed by atoms with van der Waals surface area (Å²) in [5.74, 6) is 2.55. The first-order chi connectivity index (χ1) is 10.6. The molecule has 2 N–H and O–H groups in total. The number of pyridine rings is 1. The Labute approximate surface area is 134 Å². The highest BCUT2D eigenvalue weighted by Crippen LogP contribution is 2.14. The molecule has 0 spiro atoms. The van der Waals surface area contributed by atoms with Crippen molar-refractivity contribution in [1.82, 2.24) is 20.1 Å². The normalized spacial score (nSPS) is 10.5. The van der Waals surface area contributed by atoms with E-state index < -0.39 is 0 Å². The number of nitrogens with zero attached hydrogens (tertiary/aromatic N) is 3. The van der Waals surface area contributed by atoms with Gasteiger partial charge < -0.3 is 5.32 Å². The molecule has 2 aromatic heterocycles. The molecule has 0 aliphatic rings. The first-order valence-corrected chi connectivity index (χ1v) is 8.30. The number of rotatable bonds is 6. The minimum atomic E-state index is -0.268. The molecular weight excluding hydrogens is 298 g/mol. The highest BCUT2D eigenvalue weighted by Gasteiger charge is 2.07. The van der Waals surface area contributed by atoms with E-state index in [9.17, 15) is 4.79 Å². The molecule has 0 atom stereocenters. The first-order valence-electron chi connectivity index (χ1n) is 7.15. The molecule has 7 heteroatoms. The fourth-order valence-corrected chi connectivity index (χ4v) is 2.53. The van der Waals surface area contributed by atoms with Crippen LogP contribution in [0.25, 0.3) is 0 Å². The zero-order valence-electron chi connectivity index (χ0n) is 13.1. The number of hydrogen-bond acceptors (Lipinski definition) is 4. The number of carbonyl (C=O) groups excluding carboxylic acids is 1. The van der Waals surface area contributed by atoms with E-state index in [-0.39, 0.29) is 6.03 Å². The van der Waals surface area contributed by atoms with Crippen LogP contribution in [0.1, 0.15) is 23.7 Å². The van der Waals surface area contributed by atoms with E-state index in [1.807, 2.05) is 37.9 Å². The summed E-state index contributed by atoms with van der Waals surface area (Å²) >= 11 is 1.83. The molecule has 6 nitrogen and oxygen atoms in total. The second-order valence-electron chi connectivity index (χ2n) is 4.87. The highest BCUT2D eigenvalue weighted by molar-refractivity contribution is 7.98. The standard InChI is InChI=1S/C15H21N5OS/c1-4-22-10-12-5-6-16-14(7-12)19-15(21)17-8-13-9-18-20(3)11(13)2/h5-7,9H,4,8,10H2,1-3H3,(H2,16,17,19,21). The summed E-state index contributed by atoms with van der Waals surface area (Å²) in [5, 5.41) is 9.72. The summed E-state index contributed by atoms with van der Waals surface area (Å²) < 4.78 is 1.78. The zero-order valence-corrected chi connectivity index (χ0v) is 13.9. The number of aromatic nitrogens is 3. The van der Waals surface area contributed by atoms with E-state index in [1.165, 1.54) is 0 Å². The van der Waals surface area contributed by atoms with Crippen LogP contribution < -0.4 is 10.6 Å². The monoisotopic (exact) mass is 319 g/mol. The van der Waals surface area contributed by atoms with Crippen LogP contribution in [0.2, 0.25) is 0 Å². The smallest absolute Gasteiger partial charge is 0.320 e. The Morgan fingerprint density at radius 2 is 2.27 bits per heavy atom. The van der Waals surface area contributed by atoms with Gasteiger partial charge in [-0.2, -0.15) is 16.9 Å². The van der Waals surface area contributed by atoms with Crippen molar-refractivity contribution in [2.45, 2.75) is 26.1 Å². The summed E-state index contributed by atoms with van der Waals surface area (Å²) in [6.07, 6.45) is 3.48. The van der Waals surface area contributed by atoms with Crippen molar-refractivity contribution in [2.75, 3.05) is 11.1 Å². The van der Waals surface area contributed by atoms with Crippen molar-refractivity contribution in [1.29, 1.82) is 0 Å². The summed E-state index contributed by atoms with van der Waals surface area (Å²) in [5.41, 5.74) is 3.19. The zero-order chi connectivity index (χ0) is 15.9. The van der Waals surface area contributed by atoms with Crippen molar-refractivity contribution in [3.63, 3.8) is 0 Å². The quantitative estimate of drug-likeness (QED) is 0.859. The van der Waals surface area contributed by atoms with E-state index in [0.717, 1.165) is 28.3 Å². The van der Waals surface area contributed by atoms with E-state index in [0.29, 0.717) is 12.4 Å². The second kappa shape index (κ2) is 7.84. The van der Waals surface area contributed by atoms with Gasteiger partial charge in [0.25, 0.3) is 0 Å². The van der Waals surface area contributed by atoms with E-state index in [4.69, 9.17) is 0 Å². The number of urea groups is 1. The number of aryl methyl sites for hydroxylation is 1. The molecule has 2 heterocycles. The van der Waals surface area contributed by atoms with Crippen LogP contribution in [0.3, 0.4) is 0 Å². The Bertz CT molecular complexity index is 641. The largest absolute Gasteiger partial charge is 0.334 e. The van der Waals surface area contributed by atoms with Crippen LogP contribution in [0.4, 0.5) is 10.6 Å². The molecule has 2 rings (SSSR count). The minimum absolute atomic E-state index is 0.268. The van der Waals surface area contributed by atoms with Crippen molar-refractivity contribution < 1.29 is 4.79 Å². The summed E-state index contributed by atoms with van der Waals surface area (Å²) in [4.78, 5) is 16.1. The van der Waals surface area contributed by atoms with Gasteiger partial charge in [-0.15, -0.1) is 0 Å². The van der Waals surface area contributed by atoms with E-state index >= 15 is 0 Å². The van der Waals surface area contributed by atoms with Crippen molar-refractivity contribution in [2.24, 2.45) is 7.05 Å². The van der Waals surface area contributed by atoms with Gasteiger partial charge in [0, 0.05) is 36.8 Å². The van der Waals surface area contributed by atoms with Crippen molar-refractivity contribution in [3.8, 4) is 0 Å².